The van der Waals surface area contributed by atoms with Gasteiger partial charge in [-0.15, -0.1) is 0 Å². The Kier molecular flexibility index (Phi) is 4.63. The van der Waals surface area contributed by atoms with E-state index in [4.69, 9.17) is 39.4 Å². The van der Waals surface area contributed by atoms with Crippen LogP contribution in [0.2, 0.25) is 10.0 Å². The van der Waals surface area contributed by atoms with Crippen molar-refractivity contribution in [3.63, 3.8) is 0 Å². The van der Waals surface area contributed by atoms with Gasteiger partial charge in [0.15, 0.2) is 6.10 Å². The molecule has 18 heavy (non-hydrogen) atoms. The lowest BCUT2D eigenvalue weighted by molar-refractivity contribution is -0.126. The van der Waals surface area contributed by atoms with Crippen LogP contribution in [0.25, 0.3) is 0 Å². The molecular weight excluding hydrogens is 281 g/mol. The molecule has 1 unspecified atom stereocenters. The fourth-order valence-electron chi connectivity index (χ4n) is 1.11. The predicted octanol–water partition coefficient (Wildman–Crippen LogP) is 1.54. The van der Waals surface area contributed by atoms with Crippen molar-refractivity contribution in [2.45, 2.75) is 13.0 Å². The standard InChI is InChI=1S/C10H11Cl2N3O3/c1-4(9(16)15-10(14)17)18-8-3-6(12)5(11)2-7(8)13/h2-4H,13H2,1H3,(H3,14,15,16,17). The summed E-state index contributed by atoms with van der Waals surface area (Å²) < 4.78 is 5.26. The molecule has 0 fully saturated rings. The molecule has 0 aliphatic heterocycles. The molecule has 0 aromatic heterocycles. The molecule has 98 valence electrons. The molecule has 5 N–H and O–H groups in total. The van der Waals surface area contributed by atoms with Gasteiger partial charge in [-0.05, 0) is 13.0 Å². The van der Waals surface area contributed by atoms with Crippen LogP contribution in [-0.2, 0) is 4.79 Å². The molecule has 0 saturated heterocycles. The molecule has 1 aromatic carbocycles. The first-order chi connectivity index (χ1) is 8.31. The van der Waals surface area contributed by atoms with E-state index in [0.29, 0.717) is 0 Å². The average molecular weight is 292 g/mol. The van der Waals surface area contributed by atoms with E-state index in [1.807, 2.05) is 5.32 Å². The van der Waals surface area contributed by atoms with Crippen molar-refractivity contribution < 1.29 is 14.3 Å². The Balaban J connectivity index is 2.81. The van der Waals surface area contributed by atoms with Gasteiger partial charge < -0.3 is 16.2 Å². The van der Waals surface area contributed by atoms with E-state index in [0.717, 1.165) is 0 Å². The zero-order valence-corrected chi connectivity index (χ0v) is 10.9. The number of rotatable bonds is 3. The molecule has 0 bridgehead atoms. The van der Waals surface area contributed by atoms with E-state index in [-0.39, 0.29) is 21.5 Å². The molecule has 0 radical (unpaired) electrons. The van der Waals surface area contributed by atoms with Gasteiger partial charge in [0.1, 0.15) is 5.75 Å². The molecule has 0 spiro atoms. The van der Waals surface area contributed by atoms with Gasteiger partial charge >= 0.3 is 6.03 Å². The largest absolute Gasteiger partial charge is 0.479 e. The summed E-state index contributed by atoms with van der Waals surface area (Å²) in [4.78, 5) is 21.9. The van der Waals surface area contributed by atoms with Gasteiger partial charge in [-0.1, -0.05) is 23.2 Å². The van der Waals surface area contributed by atoms with E-state index >= 15 is 0 Å². The van der Waals surface area contributed by atoms with Crippen LogP contribution >= 0.6 is 23.2 Å². The monoisotopic (exact) mass is 291 g/mol. The van der Waals surface area contributed by atoms with Gasteiger partial charge in [-0.25, -0.2) is 4.79 Å². The number of urea groups is 1. The molecular formula is C10H11Cl2N3O3. The number of halogens is 2. The number of carbonyl (C=O) groups is 2. The number of hydrogen-bond acceptors (Lipinski definition) is 4. The Hall–Kier alpha value is -1.66. The van der Waals surface area contributed by atoms with E-state index in [1.54, 1.807) is 0 Å². The number of nitrogen functional groups attached to an aromatic ring is 1. The van der Waals surface area contributed by atoms with Crippen LogP contribution in [0.1, 0.15) is 6.92 Å². The van der Waals surface area contributed by atoms with E-state index in [2.05, 4.69) is 0 Å². The second kappa shape index (κ2) is 5.79. The fourth-order valence-corrected chi connectivity index (χ4v) is 1.44. The first-order valence-corrected chi connectivity index (χ1v) is 5.58. The smallest absolute Gasteiger partial charge is 0.318 e. The number of primary amides is 1. The molecule has 3 amide bonds. The van der Waals surface area contributed by atoms with Crippen LogP contribution < -0.4 is 21.5 Å². The summed E-state index contributed by atoms with van der Waals surface area (Å²) in [6.45, 7) is 1.43. The topological polar surface area (TPSA) is 107 Å². The number of amides is 3. The Bertz CT molecular complexity index is 494. The molecule has 1 atom stereocenters. The number of nitrogens with one attached hydrogen (secondary N) is 1. The summed E-state index contributed by atoms with van der Waals surface area (Å²) in [5.74, 6) is -0.496. The minimum atomic E-state index is -0.961. The zero-order valence-electron chi connectivity index (χ0n) is 9.37. The number of anilines is 1. The van der Waals surface area contributed by atoms with Crippen molar-refractivity contribution in [2.75, 3.05) is 5.73 Å². The summed E-state index contributed by atoms with van der Waals surface area (Å²) in [6, 6.07) is 1.82. The van der Waals surface area contributed by atoms with Gasteiger partial charge in [-0.3, -0.25) is 10.1 Å². The Labute approximate surface area is 113 Å². The van der Waals surface area contributed by atoms with E-state index in [1.165, 1.54) is 19.1 Å². The lowest BCUT2D eigenvalue weighted by atomic mass is 10.3. The summed E-state index contributed by atoms with van der Waals surface area (Å²) in [5, 5.41) is 2.40. The third-order valence-electron chi connectivity index (χ3n) is 1.97. The van der Waals surface area contributed by atoms with Crippen LogP contribution in [0.3, 0.4) is 0 Å². The lowest BCUT2D eigenvalue weighted by Crippen LogP contribution is -2.42. The number of carbonyl (C=O) groups excluding carboxylic acids is 2. The highest BCUT2D eigenvalue weighted by Crippen LogP contribution is 2.32. The number of hydrogen-bond donors (Lipinski definition) is 3. The second-order valence-corrected chi connectivity index (χ2v) is 4.23. The third kappa shape index (κ3) is 3.68. The van der Waals surface area contributed by atoms with Gasteiger partial charge in [0.25, 0.3) is 5.91 Å². The lowest BCUT2D eigenvalue weighted by Gasteiger charge is -2.15. The minimum Gasteiger partial charge on any atom is -0.479 e. The molecule has 1 aromatic rings. The Morgan fingerprint density at radius 3 is 2.44 bits per heavy atom. The van der Waals surface area contributed by atoms with Gasteiger partial charge in [0, 0.05) is 6.07 Å². The summed E-state index contributed by atoms with van der Waals surface area (Å²) >= 11 is 11.5. The van der Waals surface area contributed by atoms with Crippen molar-refractivity contribution in [1.29, 1.82) is 0 Å². The van der Waals surface area contributed by atoms with Crippen LogP contribution in [0.5, 0.6) is 5.75 Å². The second-order valence-electron chi connectivity index (χ2n) is 3.42. The zero-order chi connectivity index (χ0) is 13.9. The Morgan fingerprint density at radius 1 is 1.33 bits per heavy atom. The molecule has 8 heteroatoms. The van der Waals surface area contributed by atoms with Crippen molar-refractivity contribution in [3.8, 4) is 5.75 Å². The molecule has 0 saturated carbocycles. The van der Waals surface area contributed by atoms with Gasteiger partial charge in [0.05, 0.1) is 15.7 Å². The van der Waals surface area contributed by atoms with Crippen LogP contribution in [0.15, 0.2) is 12.1 Å². The molecule has 6 nitrogen and oxygen atoms in total. The van der Waals surface area contributed by atoms with Crippen molar-refractivity contribution in [1.82, 2.24) is 5.32 Å². The highest BCUT2D eigenvalue weighted by Gasteiger charge is 2.18. The van der Waals surface area contributed by atoms with Crippen molar-refractivity contribution in [2.24, 2.45) is 5.73 Å². The summed E-state index contributed by atoms with van der Waals surface area (Å²) in [6.07, 6.45) is -0.961. The molecule has 0 aliphatic carbocycles. The number of nitrogens with two attached hydrogens (primary N) is 2. The normalized spacial score (nSPS) is 11.7. The van der Waals surface area contributed by atoms with Crippen LogP contribution in [0.4, 0.5) is 10.5 Å². The van der Waals surface area contributed by atoms with Crippen LogP contribution in [-0.4, -0.2) is 18.0 Å². The fraction of sp³-hybridized carbons (Fsp3) is 0.200. The first kappa shape index (κ1) is 14.4. The van der Waals surface area contributed by atoms with Crippen LogP contribution in [0, 0.1) is 0 Å². The molecule has 1 rings (SSSR count). The SMILES string of the molecule is CC(Oc1cc(Cl)c(Cl)cc1N)C(=O)NC(N)=O. The molecule has 0 aliphatic rings. The Morgan fingerprint density at radius 2 is 1.89 bits per heavy atom. The van der Waals surface area contributed by atoms with E-state index < -0.39 is 18.0 Å². The maximum Gasteiger partial charge on any atom is 0.318 e. The first-order valence-electron chi connectivity index (χ1n) is 4.82. The minimum absolute atomic E-state index is 0.191. The molecule has 0 heterocycles. The average Bonchev–Trinajstić information content (AvgIpc) is 2.24. The van der Waals surface area contributed by atoms with Gasteiger partial charge in [0.2, 0.25) is 0 Å². The third-order valence-corrected chi connectivity index (χ3v) is 2.69. The highest BCUT2D eigenvalue weighted by molar-refractivity contribution is 6.42. The quantitative estimate of drug-likeness (QED) is 0.734. The summed E-state index contributed by atoms with van der Waals surface area (Å²) in [7, 11) is 0. The predicted molar refractivity (Wildman–Crippen MR) is 68.7 cm³/mol. The van der Waals surface area contributed by atoms with Crippen molar-refractivity contribution >= 4 is 40.8 Å². The summed E-state index contributed by atoms with van der Waals surface area (Å²) in [5.41, 5.74) is 10.7. The van der Waals surface area contributed by atoms with Crippen molar-refractivity contribution in [3.05, 3.63) is 22.2 Å². The maximum atomic E-state index is 11.4. The number of ether oxygens (including phenoxy) is 1. The highest BCUT2D eigenvalue weighted by atomic mass is 35.5. The maximum absolute atomic E-state index is 11.4. The van der Waals surface area contributed by atoms with Gasteiger partial charge in [-0.2, -0.15) is 0 Å². The number of imide groups is 1. The number of benzene rings is 1. The van der Waals surface area contributed by atoms with E-state index in [9.17, 15) is 9.59 Å².